The Morgan fingerprint density at radius 1 is 0.971 bits per heavy atom. The molecule has 184 valence electrons. The molecule has 0 saturated heterocycles. The van der Waals surface area contributed by atoms with Crippen molar-refractivity contribution in [3.8, 4) is 23.0 Å². The van der Waals surface area contributed by atoms with Crippen LogP contribution in [0.3, 0.4) is 0 Å². The lowest BCUT2D eigenvalue weighted by atomic mass is 9.78. The normalized spacial score (nSPS) is 12.2. The molecule has 3 rings (SSSR count). The van der Waals surface area contributed by atoms with Crippen LogP contribution < -0.4 is 10.1 Å². The van der Waals surface area contributed by atoms with Crippen molar-refractivity contribution in [2.45, 2.75) is 78.7 Å². The summed E-state index contributed by atoms with van der Waals surface area (Å²) in [6.45, 7) is 17.2. The number of ether oxygens (including phenoxy) is 1. The van der Waals surface area contributed by atoms with Gasteiger partial charge >= 0.3 is 0 Å². The number of nitrogens with zero attached hydrogens (tertiary/aromatic N) is 1. The lowest BCUT2D eigenvalue weighted by Gasteiger charge is -2.27. The zero-order chi connectivity index (χ0) is 24.9. The molecule has 0 amide bonds. The first kappa shape index (κ1) is 25.8. The molecular weight excluding hydrogens is 424 g/mol. The SMILES string of the molecule is CCCNCc1ccc(OCCc2coc(-c3cc(C(C)(C)C)c(O)c(C(C)(C)C)c3)n2)cc1. The third-order valence-electron chi connectivity index (χ3n) is 5.83. The van der Waals surface area contributed by atoms with Crippen LogP contribution in [-0.2, 0) is 23.8 Å². The van der Waals surface area contributed by atoms with E-state index in [4.69, 9.17) is 14.1 Å². The van der Waals surface area contributed by atoms with E-state index in [0.717, 1.165) is 47.6 Å². The largest absolute Gasteiger partial charge is 0.507 e. The average Bonchev–Trinajstić information content (AvgIpc) is 3.22. The highest BCUT2D eigenvalue weighted by molar-refractivity contribution is 5.63. The van der Waals surface area contributed by atoms with Crippen LogP contribution in [0.4, 0.5) is 0 Å². The van der Waals surface area contributed by atoms with Crippen molar-refractivity contribution in [2.75, 3.05) is 13.2 Å². The quantitative estimate of drug-likeness (QED) is 0.342. The monoisotopic (exact) mass is 464 g/mol. The molecule has 0 bridgehead atoms. The maximum atomic E-state index is 11.0. The van der Waals surface area contributed by atoms with Crippen molar-refractivity contribution < 1.29 is 14.3 Å². The van der Waals surface area contributed by atoms with Crippen LogP contribution in [0.25, 0.3) is 11.5 Å². The summed E-state index contributed by atoms with van der Waals surface area (Å²) in [5, 5.41) is 14.4. The Bertz CT molecular complexity index is 1030. The van der Waals surface area contributed by atoms with Gasteiger partial charge in [0.05, 0.1) is 12.3 Å². The predicted molar refractivity (Wildman–Crippen MR) is 139 cm³/mol. The Balaban J connectivity index is 1.68. The molecular formula is C29H40N2O3. The number of phenols is 1. The molecule has 0 aliphatic heterocycles. The minimum absolute atomic E-state index is 0.203. The zero-order valence-corrected chi connectivity index (χ0v) is 21.8. The van der Waals surface area contributed by atoms with Crippen molar-refractivity contribution >= 4 is 0 Å². The van der Waals surface area contributed by atoms with Gasteiger partial charge in [0.25, 0.3) is 0 Å². The van der Waals surface area contributed by atoms with E-state index in [1.165, 1.54) is 5.56 Å². The van der Waals surface area contributed by atoms with Crippen LogP contribution in [0.1, 0.15) is 77.3 Å². The Labute approximate surface area is 204 Å². The standard InChI is InChI=1S/C29H40N2O3/c1-8-14-30-18-20-9-11-23(12-10-20)33-15-13-22-19-34-27(31-22)21-16-24(28(2,3)4)26(32)25(17-21)29(5,6)7/h9-12,16-17,19,30,32H,8,13-15,18H2,1-7H3. The molecule has 2 aromatic carbocycles. The first-order valence-corrected chi connectivity index (χ1v) is 12.2. The van der Waals surface area contributed by atoms with E-state index in [0.29, 0.717) is 24.7 Å². The summed E-state index contributed by atoms with van der Waals surface area (Å²) in [6, 6.07) is 12.2. The molecule has 3 aromatic rings. The van der Waals surface area contributed by atoms with Crippen molar-refractivity contribution in [3.05, 3.63) is 65.0 Å². The minimum Gasteiger partial charge on any atom is -0.507 e. The molecule has 0 atom stereocenters. The second-order valence-corrected chi connectivity index (χ2v) is 11.0. The number of aromatic hydroxyl groups is 1. The molecule has 34 heavy (non-hydrogen) atoms. The molecule has 0 aliphatic carbocycles. The number of rotatable bonds is 9. The lowest BCUT2D eigenvalue weighted by Crippen LogP contribution is -2.17. The van der Waals surface area contributed by atoms with Crippen molar-refractivity contribution in [3.63, 3.8) is 0 Å². The number of aromatic nitrogens is 1. The van der Waals surface area contributed by atoms with Crippen molar-refractivity contribution in [2.24, 2.45) is 0 Å². The van der Waals surface area contributed by atoms with Crippen LogP contribution in [0.5, 0.6) is 11.5 Å². The average molecular weight is 465 g/mol. The van der Waals surface area contributed by atoms with Gasteiger partial charge in [0.2, 0.25) is 5.89 Å². The Morgan fingerprint density at radius 2 is 1.59 bits per heavy atom. The maximum Gasteiger partial charge on any atom is 0.226 e. The molecule has 0 spiro atoms. The fourth-order valence-electron chi connectivity index (χ4n) is 3.84. The Morgan fingerprint density at radius 3 is 2.15 bits per heavy atom. The Kier molecular flexibility index (Phi) is 8.09. The second-order valence-electron chi connectivity index (χ2n) is 11.0. The number of benzene rings is 2. The van der Waals surface area contributed by atoms with E-state index < -0.39 is 0 Å². The van der Waals surface area contributed by atoms with Crippen LogP contribution in [-0.4, -0.2) is 23.2 Å². The van der Waals surface area contributed by atoms with Gasteiger partial charge in [-0.3, -0.25) is 0 Å². The third kappa shape index (κ3) is 6.63. The summed E-state index contributed by atoms with van der Waals surface area (Å²) < 4.78 is 11.7. The van der Waals surface area contributed by atoms with Gasteiger partial charge in [-0.1, -0.05) is 60.6 Å². The van der Waals surface area contributed by atoms with Crippen molar-refractivity contribution in [1.29, 1.82) is 0 Å². The molecule has 2 N–H and O–H groups in total. The molecule has 0 saturated carbocycles. The molecule has 5 heteroatoms. The molecule has 0 fully saturated rings. The third-order valence-corrected chi connectivity index (χ3v) is 5.83. The van der Waals surface area contributed by atoms with Gasteiger partial charge in [-0.2, -0.15) is 0 Å². The van der Waals surface area contributed by atoms with Gasteiger partial charge in [0.15, 0.2) is 0 Å². The molecule has 0 aliphatic rings. The van der Waals surface area contributed by atoms with Crippen LogP contribution >= 0.6 is 0 Å². The summed E-state index contributed by atoms with van der Waals surface area (Å²) in [4.78, 5) is 4.71. The number of hydrogen-bond acceptors (Lipinski definition) is 5. The minimum atomic E-state index is -0.203. The lowest BCUT2D eigenvalue weighted by molar-refractivity contribution is 0.320. The summed E-state index contributed by atoms with van der Waals surface area (Å²) in [7, 11) is 0. The molecule has 5 nitrogen and oxygen atoms in total. The first-order valence-electron chi connectivity index (χ1n) is 12.2. The highest BCUT2D eigenvalue weighted by atomic mass is 16.5. The molecule has 0 unspecified atom stereocenters. The summed E-state index contributed by atoms with van der Waals surface area (Å²) in [5.74, 6) is 1.78. The summed E-state index contributed by atoms with van der Waals surface area (Å²) in [5.41, 5.74) is 4.36. The highest BCUT2D eigenvalue weighted by Crippen LogP contribution is 2.41. The van der Waals surface area contributed by atoms with E-state index in [1.807, 2.05) is 24.3 Å². The van der Waals surface area contributed by atoms with E-state index in [1.54, 1.807) is 6.26 Å². The van der Waals surface area contributed by atoms with Crippen LogP contribution in [0, 0.1) is 0 Å². The highest BCUT2D eigenvalue weighted by Gasteiger charge is 2.27. The fraction of sp³-hybridized carbons (Fsp3) is 0.483. The van der Waals surface area contributed by atoms with E-state index >= 15 is 0 Å². The van der Waals surface area contributed by atoms with E-state index in [2.05, 4.69) is 65.9 Å². The summed E-state index contributed by atoms with van der Waals surface area (Å²) >= 11 is 0. The number of hydrogen-bond donors (Lipinski definition) is 2. The Hall–Kier alpha value is -2.79. The first-order chi connectivity index (χ1) is 16.0. The summed E-state index contributed by atoms with van der Waals surface area (Å²) in [6.07, 6.45) is 3.48. The van der Waals surface area contributed by atoms with Crippen LogP contribution in [0.2, 0.25) is 0 Å². The van der Waals surface area contributed by atoms with Gasteiger partial charge < -0.3 is 19.6 Å². The van der Waals surface area contributed by atoms with Crippen molar-refractivity contribution in [1.82, 2.24) is 10.3 Å². The van der Waals surface area contributed by atoms with E-state index in [-0.39, 0.29) is 10.8 Å². The second kappa shape index (κ2) is 10.6. The maximum absolute atomic E-state index is 11.0. The predicted octanol–water partition coefficient (Wildman–Crippen LogP) is 6.76. The van der Waals surface area contributed by atoms with Gasteiger partial charge in [0.1, 0.15) is 17.8 Å². The van der Waals surface area contributed by atoms with Gasteiger partial charge in [-0.25, -0.2) is 4.98 Å². The number of oxazole rings is 1. The number of nitrogens with one attached hydrogen (secondary N) is 1. The van der Waals surface area contributed by atoms with Crippen LogP contribution in [0.15, 0.2) is 47.1 Å². The topological polar surface area (TPSA) is 67.5 Å². The molecule has 1 heterocycles. The van der Waals surface area contributed by atoms with E-state index in [9.17, 15) is 5.11 Å². The zero-order valence-electron chi connectivity index (χ0n) is 21.8. The fourth-order valence-corrected chi connectivity index (χ4v) is 3.84. The molecule has 0 radical (unpaired) electrons. The van der Waals surface area contributed by atoms with Gasteiger partial charge in [0, 0.05) is 29.7 Å². The van der Waals surface area contributed by atoms with Gasteiger partial charge in [-0.15, -0.1) is 0 Å². The number of phenolic OH excluding ortho intramolecular Hbond substituents is 1. The smallest absolute Gasteiger partial charge is 0.226 e. The molecule has 1 aromatic heterocycles. The van der Waals surface area contributed by atoms with Gasteiger partial charge in [-0.05, 0) is 53.6 Å².